The van der Waals surface area contributed by atoms with Crippen molar-refractivity contribution in [3.63, 3.8) is 0 Å². The van der Waals surface area contributed by atoms with Crippen molar-refractivity contribution in [2.45, 2.75) is 12.8 Å². The number of aromatic nitrogens is 2. The molecule has 0 bridgehead atoms. The molecule has 4 heteroatoms. The predicted octanol–water partition coefficient (Wildman–Crippen LogP) is 3.76. The summed E-state index contributed by atoms with van der Waals surface area (Å²) in [6.45, 7) is 0. The molecule has 0 unspecified atom stereocenters. The topological polar surface area (TPSA) is 66.0 Å². The van der Waals surface area contributed by atoms with Crippen molar-refractivity contribution in [2.24, 2.45) is 0 Å². The highest BCUT2D eigenvalue weighted by Gasteiger charge is 2.09. The molecule has 0 saturated carbocycles. The second kappa shape index (κ2) is 6.26. The summed E-state index contributed by atoms with van der Waals surface area (Å²) in [6.07, 6.45) is 2.28. The quantitative estimate of drug-likeness (QED) is 0.752. The standard InChI is InChI=1S/C18H16N2O2/c21-17(22)11-10-16-12-19-20-18(16)15-8-6-14(7-9-15)13-4-2-1-3-5-13/h1-9,12H,10-11H2,(H,19,20)(H,21,22). The molecular weight excluding hydrogens is 276 g/mol. The molecule has 2 aromatic carbocycles. The Hall–Kier alpha value is -2.88. The van der Waals surface area contributed by atoms with Gasteiger partial charge in [0.2, 0.25) is 0 Å². The number of carbonyl (C=O) groups is 1. The summed E-state index contributed by atoms with van der Waals surface area (Å²) in [4.78, 5) is 10.7. The smallest absolute Gasteiger partial charge is 0.303 e. The molecular formula is C18H16N2O2. The fourth-order valence-corrected chi connectivity index (χ4v) is 2.45. The van der Waals surface area contributed by atoms with E-state index in [1.165, 1.54) is 5.56 Å². The van der Waals surface area contributed by atoms with Gasteiger partial charge in [0.15, 0.2) is 0 Å². The Morgan fingerprint density at radius 2 is 1.59 bits per heavy atom. The summed E-state index contributed by atoms with van der Waals surface area (Å²) in [7, 11) is 0. The van der Waals surface area contributed by atoms with Gasteiger partial charge in [-0.05, 0) is 28.7 Å². The Labute approximate surface area is 128 Å². The fraction of sp³-hybridized carbons (Fsp3) is 0.111. The van der Waals surface area contributed by atoms with Gasteiger partial charge >= 0.3 is 5.97 Å². The number of rotatable bonds is 5. The van der Waals surface area contributed by atoms with Crippen LogP contribution in [0, 0.1) is 0 Å². The van der Waals surface area contributed by atoms with E-state index in [0.717, 1.165) is 22.4 Å². The first-order chi connectivity index (χ1) is 10.7. The molecule has 4 nitrogen and oxygen atoms in total. The first kappa shape index (κ1) is 14.1. The molecule has 0 spiro atoms. The Bertz CT molecular complexity index is 761. The normalized spacial score (nSPS) is 10.5. The average molecular weight is 292 g/mol. The zero-order chi connectivity index (χ0) is 15.4. The molecule has 0 atom stereocenters. The van der Waals surface area contributed by atoms with Gasteiger partial charge in [0, 0.05) is 6.42 Å². The molecule has 1 aromatic heterocycles. The molecule has 0 aliphatic heterocycles. The van der Waals surface area contributed by atoms with Crippen LogP contribution in [0.1, 0.15) is 12.0 Å². The number of nitrogens with one attached hydrogen (secondary N) is 1. The van der Waals surface area contributed by atoms with Crippen molar-refractivity contribution in [3.8, 4) is 22.4 Å². The van der Waals surface area contributed by atoms with Crippen LogP contribution in [0.2, 0.25) is 0 Å². The van der Waals surface area contributed by atoms with Crippen molar-refractivity contribution >= 4 is 5.97 Å². The van der Waals surface area contributed by atoms with Gasteiger partial charge in [0.05, 0.1) is 11.9 Å². The van der Waals surface area contributed by atoms with Crippen molar-refractivity contribution in [1.29, 1.82) is 0 Å². The maximum absolute atomic E-state index is 10.7. The number of aromatic amines is 1. The van der Waals surface area contributed by atoms with E-state index in [9.17, 15) is 4.79 Å². The van der Waals surface area contributed by atoms with E-state index >= 15 is 0 Å². The van der Waals surface area contributed by atoms with Crippen LogP contribution in [0.4, 0.5) is 0 Å². The first-order valence-corrected chi connectivity index (χ1v) is 7.14. The summed E-state index contributed by atoms with van der Waals surface area (Å²) in [5.74, 6) is -0.799. The SMILES string of the molecule is O=C(O)CCc1cn[nH]c1-c1ccc(-c2ccccc2)cc1. The summed E-state index contributed by atoms with van der Waals surface area (Å²) in [6, 6.07) is 18.4. The van der Waals surface area contributed by atoms with E-state index < -0.39 is 5.97 Å². The molecule has 0 amide bonds. The van der Waals surface area contributed by atoms with Gasteiger partial charge in [-0.2, -0.15) is 5.10 Å². The molecule has 3 aromatic rings. The molecule has 2 N–H and O–H groups in total. The van der Waals surface area contributed by atoms with Crippen LogP contribution in [0.25, 0.3) is 22.4 Å². The molecule has 0 radical (unpaired) electrons. The molecule has 0 aliphatic rings. The van der Waals surface area contributed by atoms with Crippen LogP contribution in [0.15, 0.2) is 60.8 Å². The monoisotopic (exact) mass is 292 g/mol. The van der Waals surface area contributed by atoms with Gasteiger partial charge in [0.25, 0.3) is 0 Å². The van der Waals surface area contributed by atoms with Crippen molar-refractivity contribution in [2.75, 3.05) is 0 Å². The van der Waals surface area contributed by atoms with Crippen LogP contribution >= 0.6 is 0 Å². The molecule has 22 heavy (non-hydrogen) atoms. The van der Waals surface area contributed by atoms with E-state index in [1.807, 2.05) is 30.3 Å². The van der Waals surface area contributed by atoms with Crippen LogP contribution in [-0.4, -0.2) is 21.3 Å². The van der Waals surface area contributed by atoms with Crippen molar-refractivity contribution in [3.05, 3.63) is 66.4 Å². The lowest BCUT2D eigenvalue weighted by Crippen LogP contribution is -1.97. The number of H-pyrrole nitrogens is 1. The molecule has 1 heterocycles. The number of nitrogens with zero attached hydrogens (tertiary/aromatic N) is 1. The fourth-order valence-electron chi connectivity index (χ4n) is 2.45. The van der Waals surface area contributed by atoms with E-state index in [0.29, 0.717) is 6.42 Å². The van der Waals surface area contributed by atoms with Crippen LogP contribution in [0.5, 0.6) is 0 Å². The average Bonchev–Trinajstić information content (AvgIpc) is 3.02. The third-order valence-electron chi connectivity index (χ3n) is 3.61. The van der Waals surface area contributed by atoms with Crippen molar-refractivity contribution < 1.29 is 9.90 Å². The Balaban J connectivity index is 1.85. The predicted molar refractivity (Wildman–Crippen MR) is 85.4 cm³/mol. The number of hydrogen-bond donors (Lipinski definition) is 2. The number of benzene rings is 2. The Morgan fingerprint density at radius 1 is 0.955 bits per heavy atom. The number of carboxylic acids is 1. The van der Waals surface area contributed by atoms with Gasteiger partial charge in [-0.25, -0.2) is 0 Å². The van der Waals surface area contributed by atoms with Gasteiger partial charge in [-0.3, -0.25) is 9.89 Å². The first-order valence-electron chi connectivity index (χ1n) is 7.14. The largest absolute Gasteiger partial charge is 0.481 e. The Morgan fingerprint density at radius 3 is 2.27 bits per heavy atom. The third kappa shape index (κ3) is 3.06. The van der Waals surface area contributed by atoms with Crippen LogP contribution in [0.3, 0.4) is 0 Å². The lowest BCUT2D eigenvalue weighted by atomic mass is 10.0. The zero-order valence-electron chi connectivity index (χ0n) is 12.0. The van der Waals surface area contributed by atoms with E-state index in [2.05, 4.69) is 34.5 Å². The minimum absolute atomic E-state index is 0.106. The van der Waals surface area contributed by atoms with Gasteiger partial charge in [0.1, 0.15) is 0 Å². The highest BCUT2D eigenvalue weighted by Crippen LogP contribution is 2.26. The Kier molecular flexibility index (Phi) is 4.01. The van der Waals surface area contributed by atoms with E-state index in [-0.39, 0.29) is 6.42 Å². The maximum atomic E-state index is 10.7. The molecule has 0 saturated heterocycles. The third-order valence-corrected chi connectivity index (χ3v) is 3.61. The summed E-state index contributed by atoms with van der Waals surface area (Å²) < 4.78 is 0. The number of aliphatic carboxylic acids is 1. The molecule has 0 fully saturated rings. The molecule has 0 aliphatic carbocycles. The maximum Gasteiger partial charge on any atom is 0.303 e. The highest BCUT2D eigenvalue weighted by molar-refractivity contribution is 5.71. The summed E-state index contributed by atoms with van der Waals surface area (Å²) in [5, 5.41) is 15.8. The minimum atomic E-state index is -0.799. The second-order valence-corrected chi connectivity index (χ2v) is 5.11. The second-order valence-electron chi connectivity index (χ2n) is 5.11. The van der Waals surface area contributed by atoms with Crippen LogP contribution < -0.4 is 0 Å². The van der Waals surface area contributed by atoms with E-state index in [4.69, 9.17) is 5.11 Å². The highest BCUT2D eigenvalue weighted by atomic mass is 16.4. The minimum Gasteiger partial charge on any atom is -0.481 e. The summed E-state index contributed by atoms with van der Waals surface area (Å²) in [5.41, 5.74) is 5.15. The van der Waals surface area contributed by atoms with Crippen LogP contribution in [-0.2, 0) is 11.2 Å². The molecule has 110 valence electrons. The van der Waals surface area contributed by atoms with E-state index in [1.54, 1.807) is 6.20 Å². The lowest BCUT2D eigenvalue weighted by Gasteiger charge is -2.05. The van der Waals surface area contributed by atoms with Gasteiger partial charge in [-0.1, -0.05) is 54.6 Å². The number of aryl methyl sites for hydroxylation is 1. The van der Waals surface area contributed by atoms with Gasteiger partial charge in [-0.15, -0.1) is 0 Å². The zero-order valence-corrected chi connectivity index (χ0v) is 12.0. The van der Waals surface area contributed by atoms with Crippen molar-refractivity contribution in [1.82, 2.24) is 10.2 Å². The lowest BCUT2D eigenvalue weighted by molar-refractivity contribution is -0.136. The van der Waals surface area contributed by atoms with Gasteiger partial charge < -0.3 is 5.11 Å². The summed E-state index contributed by atoms with van der Waals surface area (Å²) >= 11 is 0. The number of hydrogen-bond acceptors (Lipinski definition) is 2. The number of carboxylic acid groups (broad SMARTS) is 1. The molecule has 3 rings (SSSR count).